The van der Waals surface area contributed by atoms with Crippen molar-refractivity contribution in [2.75, 3.05) is 33.4 Å². The van der Waals surface area contributed by atoms with Crippen LogP contribution in [0.15, 0.2) is 34.0 Å². The summed E-state index contributed by atoms with van der Waals surface area (Å²) in [5, 5.41) is 0.954. The Hall–Kier alpha value is -2.11. The number of methoxy groups -OCH3 is 1. The molecule has 24 heavy (non-hydrogen) atoms. The smallest absolute Gasteiger partial charge is 0.341 e. The largest absolute Gasteiger partial charge is 0.496 e. The van der Waals surface area contributed by atoms with Gasteiger partial charge in [-0.3, -0.25) is 4.90 Å². The van der Waals surface area contributed by atoms with Crippen molar-refractivity contribution in [1.82, 2.24) is 4.90 Å². The second kappa shape index (κ2) is 7.20. The number of hydrogen-bond acceptors (Lipinski definition) is 5. The normalized spacial score (nSPS) is 15.6. The van der Waals surface area contributed by atoms with E-state index in [0.717, 1.165) is 35.2 Å². The third-order valence-electron chi connectivity index (χ3n) is 4.54. The highest BCUT2D eigenvalue weighted by Crippen LogP contribution is 2.29. The maximum absolute atomic E-state index is 12.5. The summed E-state index contributed by atoms with van der Waals surface area (Å²) in [6, 6.07) is 3.83. The van der Waals surface area contributed by atoms with E-state index in [2.05, 4.69) is 11.5 Å². The van der Waals surface area contributed by atoms with E-state index in [4.69, 9.17) is 13.9 Å². The molecule has 128 valence electrons. The minimum absolute atomic E-state index is 0.273. The molecular formula is C19H23NO4. The number of ether oxygens (including phenoxy) is 2. The van der Waals surface area contributed by atoms with Crippen molar-refractivity contribution in [1.29, 1.82) is 0 Å². The number of nitrogens with zero attached hydrogens (tertiary/aromatic N) is 1. The van der Waals surface area contributed by atoms with E-state index in [9.17, 15) is 4.79 Å². The highest BCUT2D eigenvalue weighted by molar-refractivity contribution is 5.83. The third-order valence-corrected chi connectivity index (χ3v) is 4.54. The third kappa shape index (κ3) is 3.23. The molecule has 3 rings (SSSR count). The van der Waals surface area contributed by atoms with Gasteiger partial charge < -0.3 is 13.9 Å². The molecule has 1 aromatic carbocycles. The predicted octanol–water partition coefficient (Wildman–Crippen LogP) is 2.67. The van der Waals surface area contributed by atoms with Crippen LogP contribution in [0.1, 0.15) is 16.7 Å². The monoisotopic (exact) mass is 329 g/mol. The summed E-state index contributed by atoms with van der Waals surface area (Å²) in [6.07, 6.45) is 2.54. The van der Waals surface area contributed by atoms with Crippen LogP contribution in [0.3, 0.4) is 0 Å². The number of aryl methyl sites for hydroxylation is 1. The van der Waals surface area contributed by atoms with Gasteiger partial charge in [0, 0.05) is 31.1 Å². The Kier molecular flexibility index (Phi) is 5.02. The molecule has 0 atom stereocenters. The molecule has 0 saturated carbocycles. The molecule has 0 unspecified atom stereocenters. The van der Waals surface area contributed by atoms with Crippen molar-refractivity contribution in [3.05, 3.63) is 51.9 Å². The zero-order valence-electron chi connectivity index (χ0n) is 14.3. The highest BCUT2D eigenvalue weighted by atomic mass is 16.5. The predicted molar refractivity (Wildman–Crippen MR) is 93.8 cm³/mol. The Morgan fingerprint density at radius 1 is 1.33 bits per heavy atom. The van der Waals surface area contributed by atoms with Gasteiger partial charge in [0.15, 0.2) is 0 Å². The molecule has 0 bridgehead atoms. The first-order valence-corrected chi connectivity index (χ1v) is 8.18. The van der Waals surface area contributed by atoms with Crippen molar-refractivity contribution in [2.45, 2.75) is 19.9 Å². The first-order valence-electron chi connectivity index (χ1n) is 8.18. The summed E-state index contributed by atoms with van der Waals surface area (Å²) in [5.41, 5.74) is 3.02. The second-order valence-electron chi connectivity index (χ2n) is 6.03. The lowest BCUT2D eigenvalue weighted by molar-refractivity contribution is 0.0337. The van der Waals surface area contributed by atoms with Crippen molar-refractivity contribution >= 4 is 11.0 Å². The average molecular weight is 329 g/mol. The maximum Gasteiger partial charge on any atom is 0.341 e. The van der Waals surface area contributed by atoms with Gasteiger partial charge in [-0.1, -0.05) is 6.08 Å². The van der Waals surface area contributed by atoms with E-state index in [-0.39, 0.29) is 5.63 Å². The maximum atomic E-state index is 12.5. The van der Waals surface area contributed by atoms with Crippen LogP contribution < -0.4 is 10.4 Å². The number of hydrogen-bond donors (Lipinski definition) is 0. The van der Waals surface area contributed by atoms with Crippen LogP contribution in [0, 0.1) is 6.92 Å². The van der Waals surface area contributed by atoms with E-state index >= 15 is 0 Å². The first-order chi connectivity index (χ1) is 11.6. The quantitative estimate of drug-likeness (QED) is 0.623. The minimum atomic E-state index is -0.273. The van der Waals surface area contributed by atoms with Gasteiger partial charge in [0.25, 0.3) is 0 Å². The van der Waals surface area contributed by atoms with Gasteiger partial charge in [-0.05, 0) is 30.5 Å². The Morgan fingerprint density at radius 2 is 2.08 bits per heavy atom. The Balaban J connectivity index is 2.07. The SMILES string of the molecule is C=CCc1cc2c(C)c(CN3CCOCC3)c(=O)oc2cc1OC. The molecule has 0 spiro atoms. The van der Waals surface area contributed by atoms with Crippen LogP contribution in [0.2, 0.25) is 0 Å². The molecular weight excluding hydrogens is 306 g/mol. The van der Waals surface area contributed by atoms with Crippen molar-refractivity contribution in [3.8, 4) is 5.75 Å². The molecule has 5 nitrogen and oxygen atoms in total. The summed E-state index contributed by atoms with van der Waals surface area (Å²) in [4.78, 5) is 14.7. The van der Waals surface area contributed by atoms with Gasteiger partial charge in [-0.25, -0.2) is 4.79 Å². The number of rotatable bonds is 5. The van der Waals surface area contributed by atoms with Gasteiger partial charge in [0.2, 0.25) is 0 Å². The highest BCUT2D eigenvalue weighted by Gasteiger charge is 2.18. The fraction of sp³-hybridized carbons (Fsp3) is 0.421. The van der Waals surface area contributed by atoms with Gasteiger partial charge in [0.05, 0.1) is 25.9 Å². The van der Waals surface area contributed by atoms with Crippen LogP contribution >= 0.6 is 0 Å². The molecule has 0 amide bonds. The second-order valence-corrected chi connectivity index (χ2v) is 6.03. The Bertz CT molecular complexity index is 803. The van der Waals surface area contributed by atoms with Gasteiger partial charge in [0.1, 0.15) is 11.3 Å². The fourth-order valence-corrected chi connectivity index (χ4v) is 3.13. The van der Waals surface area contributed by atoms with Gasteiger partial charge in [-0.2, -0.15) is 0 Å². The molecule has 1 saturated heterocycles. The molecule has 1 fully saturated rings. The summed E-state index contributed by atoms with van der Waals surface area (Å²) in [6.45, 7) is 9.46. The molecule has 1 aromatic heterocycles. The summed E-state index contributed by atoms with van der Waals surface area (Å²) >= 11 is 0. The molecule has 1 aliphatic heterocycles. The number of allylic oxidation sites excluding steroid dienone is 1. The standard InChI is InChI=1S/C19H23NO4/c1-4-5-14-10-15-13(2)16(12-20-6-8-23-9-7-20)19(21)24-18(15)11-17(14)22-3/h4,10-11H,1,5-9,12H2,2-3H3. The van der Waals surface area contributed by atoms with E-state index in [1.54, 1.807) is 13.2 Å². The minimum Gasteiger partial charge on any atom is -0.496 e. The van der Waals surface area contributed by atoms with Crippen LogP contribution in [0.25, 0.3) is 11.0 Å². The summed E-state index contributed by atoms with van der Waals surface area (Å²) in [7, 11) is 1.62. The topological polar surface area (TPSA) is 51.9 Å². The van der Waals surface area contributed by atoms with Crippen LogP contribution in [0.4, 0.5) is 0 Å². The fourth-order valence-electron chi connectivity index (χ4n) is 3.13. The van der Waals surface area contributed by atoms with E-state index < -0.39 is 0 Å². The van der Waals surface area contributed by atoms with Crippen molar-refractivity contribution in [3.63, 3.8) is 0 Å². The lowest BCUT2D eigenvalue weighted by Crippen LogP contribution is -2.37. The molecule has 1 aliphatic rings. The van der Waals surface area contributed by atoms with Crippen LogP contribution in [0.5, 0.6) is 5.75 Å². The Labute approximate surface area is 141 Å². The zero-order chi connectivity index (χ0) is 17.1. The molecule has 0 N–H and O–H groups in total. The van der Waals surface area contributed by atoms with Gasteiger partial charge in [-0.15, -0.1) is 6.58 Å². The van der Waals surface area contributed by atoms with Crippen LogP contribution in [-0.2, 0) is 17.7 Å². The summed E-state index contributed by atoms with van der Waals surface area (Å²) < 4.78 is 16.3. The Morgan fingerprint density at radius 3 is 2.75 bits per heavy atom. The van der Waals surface area contributed by atoms with Gasteiger partial charge >= 0.3 is 5.63 Å². The average Bonchev–Trinajstić information content (AvgIpc) is 2.60. The number of fused-ring (bicyclic) bond motifs is 1. The molecule has 2 aromatic rings. The van der Waals surface area contributed by atoms with Crippen LogP contribution in [-0.4, -0.2) is 38.3 Å². The lowest BCUT2D eigenvalue weighted by atomic mass is 10.0. The molecule has 0 aliphatic carbocycles. The molecule has 2 heterocycles. The lowest BCUT2D eigenvalue weighted by Gasteiger charge is -2.26. The van der Waals surface area contributed by atoms with Crippen molar-refractivity contribution in [2.24, 2.45) is 0 Å². The zero-order valence-corrected chi connectivity index (χ0v) is 14.3. The molecule has 5 heteroatoms. The van der Waals surface area contributed by atoms with Crippen molar-refractivity contribution < 1.29 is 13.9 Å². The van der Waals surface area contributed by atoms with E-state index in [0.29, 0.717) is 37.5 Å². The summed E-state index contributed by atoms with van der Waals surface area (Å²) in [5.74, 6) is 0.714. The molecule has 0 radical (unpaired) electrons. The number of morpholine rings is 1. The van der Waals surface area contributed by atoms with E-state index in [1.807, 2.05) is 19.1 Å². The van der Waals surface area contributed by atoms with E-state index in [1.165, 1.54) is 0 Å². The number of benzene rings is 1. The first kappa shape index (κ1) is 16.7.